The number of carboxylic acid groups (broad SMARTS) is 1. The second-order valence-corrected chi connectivity index (χ2v) is 3.35. The van der Waals surface area contributed by atoms with Gasteiger partial charge in [0.2, 0.25) is 0 Å². The van der Waals surface area contributed by atoms with Crippen molar-refractivity contribution in [3.05, 3.63) is 32.8 Å². The number of carboxylic acids is 1. The van der Waals surface area contributed by atoms with Crippen LogP contribution in [0.15, 0.2) is 12.1 Å². The number of nitro benzene ring substituents is 1. The van der Waals surface area contributed by atoms with Gasteiger partial charge >= 0.3 is 5.97 Å². The lowest BCUT2D eigenvalue weighted by Gasteiger charge is -2.09. The molecule has 0 heterocycles. The van der Waals surface area contributed by atoms with Crippen molar-refractivity contribution < 1.29 is 14.8 Å². The van der Waals surface area contributed by atoms with Gasteiger partial charge in [0.1, 0.15) is 0 Å². The molecule has 0 aromatic heterocycles. The average molecular weight is 245 g/mol. The Bertz CT molecular complexity index is 447. The highest BCUT2D eigenvalue weighted by molar-refractivity contribution is 6.34. The van der Waals surface area contributed by atoms with E-state index in [4.69, 9.17) is 16.7 Å². The molecule has 6 nitrogen and oxygen atoms in total. The van der Waals surface area contributed by atoms with Gasteiger partial charge in [-0.15, -0.1) is 0 Å². The number of non-ortho nitro benzene ring substituents is 1. The summed E-state index contributed by atoms with van der Waals surface area (Å²) in [4.78, 5) is 20.7. The van der Waals surface area contributed by atoms with Gasteiger partial charge < -0.3 is 10.4 Å². The zero-order chi connectivity index (χ0) is 12.3. The molecule has 0 aliphatic carbocycles. The van der Waals surface area contributed by atoms with E-state index in [1.54, 1.807) is 6.92 Å². The van der Waals surface area contributed by atoms with E-state index in [1.165, 1.54) is 0 Å². The number of hydrogen-bond acceptors (Lipinski definition) is 4. The second kappa shape index (κ2) is 4.80. The van der Waals surface area contributed by atoms with Crippen molar-refractivity contribution >= 4 is 28.9 Å². The van der Waals surface area contributed by atoms with E-state index < -0.39 is 10.9 Å². The summed E-state index contributed by atoms with van der Waals surface area (Å²) < 4.78 is 0. The van der Waals surface area contributed by atoms with Crippen LogP contribution >= 0.6 is 11.6 Å². The van der Waals surface area contributed by atoms with Gasteiger partial charge in [-0.2, -0.15) is 0 Å². The number of aromatic carboxylic acids is 1. The molecule has 0 radical (unpaired) electrons. The second-order valence-electron chi connectivity index (χ2n) is 2.94. The van der Waals surface area contributed by atoms with Gasteiger partial charge in [-0.25, -0.2) is 4.79 Å². The third-order valence-corrected chi connectivity index (χ3v) is 2.17. The third kappa shape index (κ3) is 2.40. The number of nitro groups is 1. The summed E-state index contributed by atoms with van der Waals surface area (Å²) >= 11 is 5.77. The van der Waals surface area contributed by atoms with Gasteiger partial charge in [0, 0.05) is 18.7 Å². The normalized spacial score (nSPS) is 9.88. The van der Waals surface area contributed by atoms with Crippen LogP contribution in [-0.4, -0.2) is 22.5 Å². The van der Waals surface area contributed by atoms with Gasteiger partial charge in [-0.1, -0.05) is 11.6 Å². The zero-order valence-electron chi connectivity index (χ0n) is 8.36. The van der Waals surface area contributed by atoms with E-state index in [9.17, 15) is 14.9 Å². The predicted octanol–water partition coefficient (Wildman–Crippen LogP) is 2.38. The molecule has 7 heteroatoms. The standard InChI is InChI=1S/C9H9ClN2O4/c1-2-11-8-6(9(13)14)3-5(12(15)16)4-7(8)10/h3-4,11H,2H2,1H3,(H,13,14). The maximum atomic E-state index is 10.9. The maximum absolute atomic E-state index is 10.9. The Labute approximate surface area is 96.0 Å². The molecule has 0 aliphatic rings. The summed E-state index contributed by atoms with van der Waals surface area (Å²) in [6.45, 7) is 2.24. The number of anilines is 1. The Kier molecular flexibility index (Phi) is 3.68. The SMILES string of the molecule is CCNc1c(Cl)cc([N+](=O)[O-])cc1C(=O)O. The van der Waals surface area contributed by atoms with Crippen LogP contribution in [0.5, 0.6) is 0 Å². The molecule has 86 valence electrons. The molecule has 0 bridgehead atoms. The lowest BCUT2D eigenvalue weighted by molar-refractivity contribution is -0.384. The fraction of sp³-hybridized carbons (Fsp3) is 0.222. The highest BCUT2D eigenvalue weighted by atomic mass is 35.5. The van der Waals surface area contributed by atoms with Gasteiger partial charge in [0.25, 0.3) is 5.69 Å². The molecule has 0 saturated heterocycles. The molecule has 0 atom stereocenters. The van der Waals surface area contributed by atoms with Crippen molar-refractivity contribution in [1.82, 2.24) is 0 Å². The van der Waals surface area contributed by atoms with E-state index >= 15 is 0 Å². The maximum Gasteiger partial charge on any atom is 0.338 e. The molecule has 0 spiro atoms. The number of carbonyl (C=O) groups is 1. The van der Waals surface area contributed by atoms with Crippen LogP contribution in [0, 0.1) is 10.1 Å². The number of nitrogens with zero attached hydrogens (tertiary/aromatic N) is 1. The third-order valence-electron chi connectivity index (χ3n) is 1.87. The Morgan fingerprint density at radius 1 is 1.62 bits per heavy atom. The lowest BCUT2D eigenvalue weighted by atomic mass is 10.1. The first-order valence-electron chi connectivity index (χ1n) is 4.42. The molecule has 16 heavy (non-hydrogen) atoms. The number of halogens is 1. The molecule has 0 amide bonds. The van der Waals surface area contributed by atoms with Crippen LogP contribution in [0.1, 0.15) is 17.3 Å². The first-order chi connectivity index (χ1) is 7.47. The largest absolute Gasteiger partial charge is 0.478 e. The summed E-state index contributed by atoms with van der Waals surface area (Å²) in [5, 5.41) is 22.2. The van der Waals surface area contributed by atoms with Crippen LogP contribution < -0.4 is 5.32 Å². The van der Waals surface area contributed by atoms with E-state index in [0.29, 0.717) is 6.54 Å². The predicted molar refractivity (Wildman–Crippen MR) is 59.2 cm³/mol. The van der Waals surface area contributed by atoms with Gasteiger partial charge in [0.05, 0.1) is 21.2 Å². The molecule has 1 aromatic rings. The Morgan fingerprint density at radius 3 is 2.69 bits per heavy atom. The van der Waals surface area contributed by atoms with Crippen molar-refractivity contribution in [1.29, 1.82) is 0 Å². The first-order valence-corrected chi connectivity index (χ1v) is 4.80. The van der Waals surface area contributed by atoms with E-state index in [-0.39, 0.29) is 22.0 Å². The molecule has 0 unspecified atom stereocenters. The summed E-state index contributed by atoms with van der Waals surface area (Å²) in [6.07, 6.45) is 0. The van der Waals surface area contributed by atoms with Gasteiger partial charge in [-0.3, -0.25) is 10.1 Å². The zero-order valence-corrected chi connectivity index (χ0v) is 9.11. The topological polar surface area (TPSA) is 92.5 Å². The molecule has 1 aromatic carbocycles. The Morgan fingerprint density at radius 2 is 2.25 bits per heavy atom. The molecule has 1 rings (SSSR count). The first kappa shape index (κ1) is 12.3. The fourth-order valence-corrected chi connectivity index (χ4v) is 1.50. The number of benzene rings is 1. The highest BCUT2D eigenvalue weighted by Gasteiger charge is 2.19. The lowest BCUT2D eigenvalue weighted by Crippen LogP contribution is -2.07. The van der Waals surface area contributed by atoms with Crippen LogP contribution in [0.4, 0.5) is 11.4 Å². The molecule has 0 aliphatic heterocycles. The molecular weight excluding hydrogens is 236 g/mol. The molecule has 0 fully saturated rings. The molecule has 0 saturated carbocycles. The minimum atomic E-state index is -1.26. The van der Waals surface area contributed by atoms with Gasteiger partial charge in [0.15, 0.2) is 0 Å². The van der Waals surface area contributed by atoms with Gasteiger partial charge in [-0.05, 0) is 6.92 Å². The molecule has 2 N–H and O–H groups in total. The van der Waals surface area contributed by atoms with Crippen LogP contribution in [-0.2, 0) is 0 Å². The van der Waals surface area contributed by atoms with E-state index in [1.807, 2.05) is 0 Å². The summed E-state index contributed by atoms with van der Waals surface area (Å²) in [6, 6.07) is 2.10. The fourth-order valence-electron chi connectivity index (χ4n) is 1.22. The quantitative estimate of drug-likeness (QED) is 0.627. The highest BCUT2D eigenvalue weighted by Crippen LogP contribution is 2.31. The van der Waals surface area contributed by atoms with Crippen molar-refractivity contribution in [2.45, 2.75) is 6.92 Å². The number of nitrogens with one attached hydrogen (secondary N) is 1. The Balaban J connectivity index is 3.39. The van der Waals surface area contributed by atoms with Crippen LogP contribution in [0.25, 0.3) is 0 Å². The summed E-state index contributed by atoms with van der Waals surface area (Å²) in [5.74, 6) is -1.26. The van der Waals surface area contributed by atoms with Crippen molar-refractivity contribution in [2.75, 3.05) is 11.9 Å². The monoisotopic (exact) mass is 244 g/mol. The smallest absolute Gasteiger partial charge is 0.338 e. The van der Waals surface area contributed by atoms with Crippen LogP contribution in [0.2, 0.25) is 5.02 Å². The van der Waals surface area contributed by atoms with Crippen molar-refractivity contribution in [3.63, 3.8) is 0 Å². The molecular formula is C9H9ClN2O4. The van der Waals surface area contributed by atoms with Crippen LogP contribution in [0.3, 0.4) is 0 Å². The Hall–Kier alpha value is -1.82. The number of rotatable bonds is 4. The summed E-state index contributed by atoms with van der Waals surface area (Å²) in [7, 11) is 0. The number of hydrogen-bond donors (Lipinski definition) is 2. The van der Waals surface area contributed by atoms with Crippen molar-refractivity contribution in [2.24, 2.45) is 0 Å². The minimum Gasteiger partial charge on any atom is -0.478 e. The summed E-state index contributed by atoms with van der Waals surface area (Å²) in [5.41, 5.74) is -0.354. The van der Waals surface area contributed by atoms with E-state index in [2.05, 4.69) is 5.32 Å². The average Bonchev–Trinajstić information content (AvgIpc) is 2.20. The minimum absolute atomic E-state index is 0.0217. The van der Waals surface area contributed by atoms with Crippen molar-refractivity contribution in [3.8, 4) is 0 Å². The van der Waals surface area contributed by atoms with E-state index in [0.717, 1.165) is 12.1 Å².